The fourth-order valence-corrected chi connectivity index (χ4v) is 6.54. The van der Waals surface area contributed by atoms with Crippen molar-refractivity contribution in [2.24, 2.45) is 17.8 Å². The van der Waals surface area contributed by atoms with Crippen molar-refractivity contribution < 1.29 is 19.8 Å². The van der Waals surface area contributed by atoms with E-state index in [1.165, 1.54) is 48.8 Å². The van der Waals surface area contributed by atoms with E-state index in [2.05, 4.69) is 17.1 Å². The van der Waals surface area contributed by atoms with Crippen molar-refractivity contribution in [3.8, 4) is 0 Å². The van der Waals surface area contributed by atoms with Crippen LogP contribution >= 0.6 is 23.1 Å². The van der Waals surface area contributed by atoms with Crippen LogP contribution in [-0.4, -0.2) is 38.3 Å². The number of aliphatic hydroxyl groups is 1. The fraction of sp³-hybridized carbons (Fsp3) is 0.696. The summed E-state index contributed by atoms with van der Waals surface area (Å²) in [6, 6.07) is 0. The maximum atomic E-state index is 12.3. The molecule has 5 nitrogen and oxygen atoms in total. The molecule has 0 aliphatic heterocycles. The van der Waals surface area contributed by atoms with Gasteiger partial charge in [0.15, 0.2) is 10.0 Å². The molecule has 0 spiro atoms. The van der Waals surface area contributed by atoms with E-state index in [1.807, 2.05) is 6.92 Å². The van der Waals surface area contributed by atoms with Crippen LogP contribution in [0.25, 0.3) is 0 Å². The molecule has 30 heavy (non-hydrogen) atoms. The molecule has 2 saturated carbocycles. The van der Waals surface area contributed by atoms with Gasteiger partial charge < -0.3 is 10.2 Å². The molecule has 2 aliphatic carbocycles. The predicted molar refractivity (Wildman–Crippen MR) is 121 cm³/mol. The van der Waals surface area contributed by atoms with Crippen LogP contribution in [0.1, 0.15) is 81.6 Å². The lowest BCUT2D eigenvalue weighted by Gasteiger charge is -2.23. The highest BCUT2D eigenvalue weighted by atomic mass is 32.2. The normalized spacial score (nSPS) is 24.7. The number of nitrogens with zero attached hydrogens (tertiary/aromatic N) is 1. The van der Waals surface area contributed by atoms with Gasteiger partial charge in [0, 0.05) is 23.5 Å². The summed E-state index contributed by atoms with van der Waals surface area (Å²) >= 11 is 2.86. The molecule has 0 amide bonds. The minimum absolute atomic E-state index is 0.0242. The second-order valence-electron chi connectivity index (χ2n) is 9.03. The Hall–Kier alpha value is -1.18. The lowest BCUT2D eigenvalue weighted by Crippen LogP contribution is -2.24. The number of hydrogen-bond donors (Lipinski definition) is 2. The quantitative estimate of drug-likeness (QED) is 0.337. The number of aromatic carboxylic acids is 1. The minimum Gasteiger partial charge on any atom is -0.476 e. The lowest BCUT2D eigenvalue weighted by atomic mass is 9.88. The third-order valence-electron chi connectivity index (χ3n) is 6.52. The van der Waals surface area contributed by atoms with E-state index in [1.54, 1.807) is 5.38 Å². The number of carbonyl (C=O) groups excluding carboxylic acids is 1. The van der Waals surface area contributed by atoms with Gasteiger partial charge in [-0.2, -0.15) is 0 Å². The zero-order valence-corrected chi connectivity index (χ0v) is 19.3. The Morgan fingerprint density at radius 2 is 2.10 bits per heavy atom. The minimum atomic E-state index is -1.01. The van der Waals surface area contributed by atoms with Crippen molar-refractivity contribution in [3.05, 3.63) is 23.2 Å². The van der Waals surface area contributed by atoms with Gasteiger partial charge in [-0.15, -0.1) is 11.3 Å². The second kappa shape index (κ2) is 10.9. The van der Waals surface area contributed by atoms with Gasteiger partial charge >= 0.3 is 5.97 Å². The molecular formula is C23H33NO4S2. The monoisotopic (exact) mass is 451 g/mol. The highest BCUT2D eigenvalue weighted by Gasteiger charge is 2.32. The van der Waals surface area contributed by atoms with E-state index in [9.17, 15) is 14.7 Å². The summed E-state index contributed by atoms with van der Waals surface area (Å²) in [6.07, 6.45) is 14.4. The molecule has 1 aromatic rings. The van der Waals surface area contributed by atoms with Crippen LogP contribution in [0.2, 0.25) is 0 Å². The van der Waals surface area contributed by atoms with E-state index < -0.39 is 11.6 Å². The third-order valence-corrected chi connectivity index (χ3v) is 8.57. The third kappa shape index (κ3) is 6.92. The van der Waals surface area contributed by atoms with E-state index in [-0.39, 0.29) is 17.5 Å². The first-order valence-electron chi connectivity index (χ1n) is 11.1. The average Bonchev–Trinajstić information content (AvgIpc) is 3.44. The summed E-state index contributed by atoms with van der Waals surface area (Å²) in [5.74, 6) is 1.13. The Labute approximate surface area is 187 Å². The standard InChI is InChI=1S/C23H33NO4S2/c1-23(28,13-10-16-5-2-3-6-16)12-4-7-17-8-9-20(25)18(17)11-14-29-22-24-19(15-30-22)21(26)27/h4,7,15-18,28H,2-3,5-6,8-14H2,1H3,(H,26,27). The molecule has 2 aliphatic rings. The summed E-state index contributed by atoms with van der Waals surface area (Å²) < 4.78 is 0.739. The van der Waals surface area contributed by atoms with Gasteiger partial charge in [0.05, 0.1) is 5.60 Å². The Kier molecular flexibility index (Phi) is 8.54. The smallest absolute Gasteiger partial charge is 0.355 e. The maximum Gasteiger partial charge on any atom is 0.355 e. The van der Waals surface area contributed by atoms with Gasteiger partial charge in [0.1, 0.15) is 5.78 Å². The van der Waals surface area contributed by atoms with E-state index in [0.717, 1.165) is 41.7 Å². The summed E-state index contributed by atoms with van der Waals surface area (Å²) in [6.45, 7) is 1.93. The predicted octanol–water partition coefficient (Wildman–Crippen LogP) is 5.59. The molecule has 1 heterocycles. The number of rotatable bonds is 11. The number of carboxylic acids is 1. The Morgan fingerprint density at radius 3 is 2.80 bits per heavy atom. The van der Waals surface area contributed by atoms with Crippen molar-refractivity contribution in [1.82, 2.24) is 4.98 Å². The summed E-state index contributed by atoms with van der Waals surface area (Å²) in [4.78, 5) is 27.4. The molecule has 0 saturated heterocycles. The molecule has 2 N–H and O–H groups in total. The first-order chi connectivity index (χ1) is 14.3. The first kappa shape index (κ1) is 23.5. The number of carbonyl (C=O) groups is 2. The molecule has 3 unspecified atom stereocenters. The van der Waals surface area contributed by atoms with Crippen LogP contribution in [0.5, 0.6) is 0 Å². The number of ketones is 1. The summed E-state index contributed by atoms with van der Waals surface area (Å²) in [7, 11) is 0. The summed E-state index contributed by atoms with van der Waals surface area (Å²) in [5.41, 5.74) is -0.583. The molecule has 3 rings (SSSR count). The van der Waals surface area contributed by atoms with Crippen molar-refractivity contribution in [3.63, 3.8) is 0 Å². The van der Waals surface area contributed by atoms with Gasteiger partial charge in [-0.3, -0.25) is 4.79 Å². The zero-order valence-electron chi connectivity index (χ0n) is 17.7. The number of Topliss-reactive ketones (excluding diaryl/α,β-unsaturated/α-hetero) is 1. The van der Waals surface area contributed by atoms with Crippen LogP contribution in [-0.2, 0) is 4.79 Å². The van der Waals surface area contributed by atoms with Crippen LogP contribution in [0, 0.1) is 17.8 Å². The second-order valence-corrected chi connectivity index (χ2v) is 11.2. The van der Waals surface area contributed by atoms with E-state index in [4.69, 9.17) is 5.11 Å². The van der Waals surface area contributed by atoms with Crippen molar-refractivity contribution in [1.29, 1.82) is 0 Å². The van der Waals surface area contributed by atoms with E-state index >= 15 is 0 Å². The van der Waals surface area contributed by atoms with Gasteiger partial charge in [0.25, 0.3) is 0 Å². The molecule has 166 valence electrons. The highest BCUT2D eigenvalue weighted by molar-refractivity contribution is 8.01. The Morgan fingerprint density at radius 1 is 1.33 bits per heavy atom. The summed E-state index contributed by atoms with van der Waals surface area (Å²) in [5, 5.41) is 21.2. The number of hydrogen-bond acceptors (Lipinski definition) is 6. The number of aromatic nitrogens is 1. The number of carboxylic acid groups (broad SMARTS) is 1. The van der Waals surface area contributed by atoms with Crippen LogP contribution < -0.4 is 0 Å². The van der Waals surface area contributed by atoms with Gasteiger partial charge in [-0.1, -0.05) is 49.6 Å². The molecule has 3 atom stereocenters. The van der Waals surface area contributed by atoms with Crippen molar-refractivity contribution >= 4 is 34.9 Å². The zero-order chi connectivity index (χ0) is 21.6. The Bertz CT molecular complexity index is 752. The van der Waals surface area contributed by atoms with Crippen LogP contribution in [0.3, 0.4) is 0 Å². The van der Waals surface area contributed by atoms with E-state index in [0.29, 0.717) is 18.6 Å². The number of thiazole rings is 1. The van der Waals surface area contributed by atoms with Crippen LogP contribution in [0.4, 0.5) is 0 Å². The molecule has 0 aromatic carbocycles. The Balaban J connectivity index is 1.43. The average molecular weight is 452 g/mol. The molecule has 0 bridgehead atoms. The molecule has 1 aromatic heterocycles. The number of allylic oxidation sites excluding steroid dienone is 1. The molecule has 0 radical (unpaired) electrons. The highest BCUT2D eigenvalue weighted by Crippen LogP contribution is 2.36. The topological polar surface area (TPSA) is 87.5 Å². The molecule has 2 fully saturated rings. The van der Waals surface area contributed by atoms with Crippen molar-refractivity contribution in [2.45, 2.75) is 81.1 Å². The maximum absolute atomic E-state index is 12.3. The van der Waals surface area contributed by atoms with Gasteiger partial charge in [-0.25, -0.2) is 9.78 Å². The lowest BCUT2D eigenvalue weighted by molar-refractivity contribution is -0.121. The van der Waals surface area contributed by atoms with Crippen molar-refractivity contribution in [2.75, 3.05) is 5.75 Å². The largest absolute Gasteiger partial charge is 0.476 e. The number of thioether (sulfide) groups is 1. The van der Waals surface area contributed by atoms with Gasteiger partial charge in [0.2, 0.25) is 0 Å². The van der Waals surface area contributed by atoms with Gasteiger partial charge in [-0.05, 0) is 50.9 Å². The SMILES string of the molecule is CC(O)(CC=CC1CCC(=O)C1CCSc1nc(C(=O)O)cs1)CCC1CCCC1. The molecule has 7 heteroatoms. The fourth-order valence-electron chi connectivity index (χ4n) is 4.65. The molecular weight excluding hydrogens is 418 g/mol. The first-order valence-corrected chi connectivity index (χ1v) is 12.9. The van der Waals surface area contributed by atoms with Crippen LogP contribution in [0.15, 0.2) is 21.9 Å².